The van der Waals surface area contributed by atoms with Gasteiger partial charge >= 0.3 is 0 Å². The number of pyridine rings is 2. The van der Waals surface area contributed by atoms with Gasteiger partial charge in [0.25, 0.3) is 0 Å². The minimum Gasteiger partial charge on any atom is -0.397 e. The van der Waals surface area contributed by atoms with E-state index in [0.29, 0.717) is 28.4 Å². The van der Waals surface area contributed by atoms with Crippen LogP contribution < -0.4 is 11.1 Å². The third-order valence-electron chi connectivity index (χ3n) is 6.56. The van der Waals surface area contributed by atoms with E-state index in [2.05, 4.69) is 22.2 Å². The van der Waals surface area contributed by atoms with Gasteiger partial charge in [-0.1, -0.05) is 18.5 Å². The van der Waals surface area contributed by atoms with Crippen LogP contribution in [-0.4, -0.2) is 15.9 Å². The largest absolute Gasteiger partial charge is 0.397 e. The predicted molar refractivity (Wildman–Crippen MR) is 117 cm³/mol. The zero-order chi connectivity index (χ0) is 20.3. The van der Waals surface area contributed by atoms with Crippen molar-refractivity contribution in [2.24, 2.45) is 23.7 Å². The van der Waals surface area contributed by atoms with Gasteiger partial charge in [-0.2, -0.15) is 0 Å². The summed E-state index contributed by atoms with van der Waals surface area (Å²) in [5.41, 5.74) is 9.63. The second-order valence-corrected chi connectivity index (χ2v) is 8.93. The van der Waals surface area contributed by atoms with Gasteiger partial charge in [0.15, 0.2) is 0 Å². The van der Waals surface area contributed by atoms with E-state index in [-0.39, 0.29) is 11.8 Å². The van der Waals surface area contributed by atoms with E-state index < -0.39 is 0 Å². The number of nitrogens with two attached hydrogens (primary N) is 1. The fraction of sp³-hybridized carbons (Fsp3) is 0.348. The number of fused-ring (bicyclic) bond motifs is 2. The summed E-state index contributed by atoms with van der Waals surface area (Å²) in [5, 5.41) is 5.16. The standard InChI is InChI=1S/C23H23ClN4O/c1-11-5-14-15(6-11)20(14)23(29)28-19-8-13-7-16(17-9-26-4-3-12(17)2)21(24)22(25)18(13)10-27-19/h3-4,7-11,14-15,20H,5-6,25H2,1-2H3,(H,27,28,29)/t11?,14-,15+,20+. The highest BCUT2D eigenvalue weighted by Crippen LogP contribution is 2.59. The van der Waals surface area contributed by atoms with Crippen LogP contribution in [-0.2, 0) is 4.79 Å². The Balaban J connectivity index is 1.47. The molecule has 29 heavy (non-hydrogen) atoms. The van der Waals surface area contributed by atoms with E-state index in [1.807, 2.05) is 25.1 Å². The highest BCUT2D eigenvalue weighted by atomic mass is 35.5. The summed E-state index contributed by atoms with van der Waals surface area (Å²) in [5.74, 6) is 2.64. The molecule has 0 saturated heterocycles. The Morgan fingerprint density at radius 2 is 1.97 bits per heavy atom. The number of carbonyl (C=O) groups is 1. The molecule has 3 N–H and O–H groups in total. The maximum Gasteiger partial charge on any atom is 0.229 e. The molecule has 3 aromatic rings. The van der Waals surface area contributed by atoms with Crippen molar-refractivity contribution in [2.45, 2.75) is 26.7 Å². The maximum atomic E-state index is 12.7. The van der Waals surface area contributed by atoms with Crippen molar-refractivity contribution in [3.8, 4) is 11.1 Å². The molecule has 4 atom stereocenters. The average Bonchev–Trinajstić information content (AvgIpc) is 3.22. The number of rotatable bonds is 3. The molecule has 2 aromatic heterocycles. The Hall–Kier alpha value is -2.66. The fourth-order valence-electron chi connectivity index (χ4n) is 5.02. The number of benzene rings is 1. The van der Waals surface area contributed by atoms with E-state index >= 15 is 0 Å². The first-order valence-electron chi connectivity index (χ1n) is 10.0. The number of nitrogen functional groups attached to an aromatic ring is 1. The molecular formula is C23H23ClN4O. The number of hydrogen-bond donors (Lipinski definition) is 2. The Morgan fingerprint density at radius 1 is 1.21 bits per heavy atom. The molecular weight excluding hydrogens is 384 g/mol. The molecule has 148 valence electrons. The summed E-state index contributed by atoms with van der Waals surface area (Å²) in [6, 6.07) is 5.80. The van der Waals surface area contributed by atoms with Gasteiger partial charge in [-0.15, -0.1) is 0 Å². The zero-order valence-corrected chi connectivity index (χ0v) is 17.2. The highest BCUT2D eigenvalue weighted by molar-refractivity contribution is 6.37. The first kappa shape index (κ1) is 18.4. The number of amides is 1. The van der Waals surface area contributed by atoms with E-state index in [0.717, 1.165) is 46.2 Å². The van der Waals surface area contributed by atoms with Crippen molar-refractivity contribution in [3.63, 3.8) is 0 Å². The topological polar surface area (TPSA) is 80.9 Å². The van der Waals surface area contributed by atoms with Crippen LogP contribution in [0.15, 0.2) is 36.8 Å². The molecule has 2 fully saturated rings. The molecule has 5 rings (SSSR count). The van der Waals surface area contributed by atoms with Crippen LogP contribution in [0.1, 0.15) is 25.3 Å². The minimum atomic E-state index is 0.0870. The van der Waals surface area contributed by atoms with Gasteiger partial charge in [-0.3, -0.25) is 9.78 Å². The summed E-state index contributed by atoms with van der Waals surface area (Å²) < 4.78 is 0. The number of carbonyl (C=O) groups excluding carboxylic acids is 1. The van der Waals surface area contributed by atoms with E-state index in [1.165, 1.54) is 0 Å². The molecule has 0 radical (unpaired) electrons. The molecule has 2 heterocycles. The Labute approximate surface area is 174 Å². The lowest BCUT2D eigenvalue weighted by molar-refractivity contribution is -0.118. The first-order chi connectivity index (χ1) is 13.9. The molecule has 1 amide bonds. The molecule has 2 aliphatic rings. The number of nitrogens with one attached hydrogen (secondary N) is 1. The van der Waals surface area contributed by atoms with E-state index in [1.54, 1.807) is 18.6 Å². The van der Waals surface area contributed by atoms with Crippen molar-refractivity contribution >= 4 is 39.8 Å². The lowest BCUT2D eigenvalue weighted by Crippen LogP contribution is -2.18. The summed E-state index contributed by atoms with van der Waals surface area (Å²) in [7, 11) is 0. The Bertz CT molecular complexity index is 1130. The number of aryl methyl sites for hydroxylation is 1. The van der Waals surface area contributed by atoms with Gasteiger partial charge in [0, 0.05) is 41.0 Å². The van der Waals surface area contributed by atoms with Crippen LogP contribution in [0.2, 0.25) is 5.02 Å². The quantitative estimate of drug-likeness (QED) is 0.595. The third-order valence-corrected chi connectivity index (χ3v) is 6.97. The summed E-state index contributed by atoms with van der Waals surface area (Å²) in [6.07, 6.45) is 7.55. The minimum absolute atomic E-state index is 0.0870. The van der Waals surface area contributed by atoms with Crippen LogP contribution in [0.4, 0.5) is 11.5 Å². The molecule has 0 spiro atoms. The fourth-order valence-corrected chi connectivity index (χ4v) is 5.28. The van der Waals surface area contributed by atoms with Gasteiger partial charge in [0.1, 0.15) is 5.82 Å². The van der Waals surface area contributed by atoms with Gasteiger partial charge < -0.3 is 11.1 Å². The maximum absolute atomic E-state index is 12.7. The number of halogens is 1. The summed E-state index contributed by atoms with van der Waals surface area (Å²) in [6.45, 7) is 4.28. The van der Waals surface area contributed by atoms with Gasteiger partial charge in [-0.05, 0) is 66.7 Å². The monoisotopic (exact) mass is 406 g/mol. The van der Waals surface area contributed by atoms with Gasteiger partial charge in [0.2, 0.25) is 5.91 Å². The second-order valence-electron chi connectivity index (χ2n) is 8.55. The smallest absolute Gasteiger partial charge is 0.229 e. The van der Waals surface area contributed by atoms with Crippen molar-refractivity contribution in [1.29, 1.82) is 0 Å². The normalized spacial score (nSPS) is 25.1. The molecule has 2 saturated carbocycles. The van der Waals surface area contributed by atoms with E-state index in [9.17, 15) is 4.79 Å². The zero-order valence-electron chi connectivity index (χ0n) is 16.4. The summed E-state index contributed by atoms with van der Waals surface area (Å²) >= 11 is 6.57. The third kappa shape index (κ3) is 3.04. The lowest BCUT2D eigenvalue weighted by atomic mass is 9.99. The Kier molecular flexibility index (Phi) is 4.24. The van der Waals surface area contributed by atoms with Crippen LogP contribution in [0.5, 0.6) is 0 Å². The first-order valence-corrected chi connectivity index (χ1v) is 10.4. The molecule has 6 heteroatoms. The van der Waals surface area contributed by atoms with Crippen molar-refractivity contribution in [1.82, 2.24) is 9.97 Å². The number of hydrogen-bond acceptors (Lipinski definition) is 4. The van der Waals surface area contributed by atoms with Crippen LogP contribution in [0.25, 0.3) is 21.9 Å². The van der Waals surface area contributed by atoms with Crippen molar-refractivity contribution in [3.05, 3.63) is 47.4 Å². The van der Waals surface area contributed by atoms with Gasteiger partial charge in [-0.25, -0.2) is 4.98 Å². The molecule has 1 aromatic carbocycles. The predicted octanol–water partition coefficient (Wildman–Crippen LogP) is 5.07. The van der Waals surface area contributed by atoms with Gasteiger partial charge in [0.05, 0.1) is 10.7 Å². The SMILES string of the molecule is Cc1ccncc1-c1cc2cc(NC(=O)[C@H]3[C@@H]4CC(C)C[C@@H]43)ncc2c(N)c1Cl. The highest BCUT2D eigenvalue weighted by Gasteiger charge is 2.58. The van der Waals surface area contributed by atoms with Crippen LogP contribution in [0, 0.1) is 30.6 Å². The number of nitrogens with zero attached hydrogens (tertiary/aromatic N) is 2. The average molecular weight is 407 g/mol. The summed E-state index contributed by atoms with van der Waals surface area (Å²) in [4.78, 5) is 21.3. The molecule has 0 bridgehead atoms. The molecule has 0 aliphatic heterocycles. The van der Waals surface area contributed by atoms with Crippen molar-refractivity contribution in [2.75, 3.05) is 11.1 Å². The van der Waals surface area contributed by atoms with Crippen LogP contribution >= 0.6 is 11.6 Å². The molecule has 1 unspecified atom stereocenters. The number of aromatic nitrogens is 2. The molecule has 5 nitrogen and oxygen atoms in total. The lowest BCUT2D eigenvalue weighted by Gasteiger charge is -2.14. The van der Waals surface area contributed by atoms with Crippen LogP contribution in [0.3, 0.4) is 0 Å². The Morgan fingerprint density at radius 3 is 2.69 bits per heavy atom. The second kappa shape index (κ2) is 6.70. The van der Waals surface area contributed by atoms with E-state index in [4.69, 9.17) is 17.3 Å². The number of anilines is 2. The van der Waals surface area contributed by atoms with Crippen molar-refractivity contribution < 1.29 is 4.79 Å². The molecule has 2 aliphatic carbocycles.